The molecule has 2 heteroatoms. The molecule has 0 aromatic heterocycles. The first kappa shape index (κ1) is 14.2. The summed E-state index contributed by atoms with van der Waals surface area (Å²) >= 11 is 0. The highest BCUT2D eigenvalue weighted by molar-refractivity contribution is 5.27. The lowest BCUT2D eigenvalue weighted by molar-refractivity contribution is 0.124. The number of benzene rings is 1. The smallest absolute Gasteiger partial charge is 0.0691 e. The third-order valence-corrected chi connectivity index (χ3v) is 3.28. The van der Waals surface area contributed by atoms with E-state index in [1.165, 1.54) is 11.1 Å². The summed E-state index contributed by atoms with van der Waals surface area (Å²) in [5.74, 6) is 0.209. The van der Waals surface area contributed by atoms with Crippen molar-refractivity contribution in [2.45, 2.75) is 45.6 Å². The van der Waals surface area contributed by atoms with E-state index in [-0.39, 0.29) is 11.3 Å². The summed E-state index contributed by atoms with van der Waals surface area (Å²) in [6, 6.07) is 8.66. The van der Waals surface area contributed by atoms with Crippen LogP contribution in [-0.2, 0) is 11.8 Å². The van der Waals surface area contributed by atoms with Crippen LogP contribution >= 0.6 is 0 Å². The van der Waals surface area contributed by atoms with Gasteiger partial charge in [-0.15, -0.1) is 0 Å². The Morgan fingerprint density at radius 2 is 1.71 bits per heavy atom. The van der Waals surface area contributed by atoms with Crippen LogP contribution in [0.4, 0.5) is 0 Å². The number of aliphatic hydroxyl groups excluding tert-OH is 1. The second kappa shape index (κ2) is 5.65. The molecule has 0 radical (unpaired) electrons. The number of hydrogen-bond donors (Lipinski definition) is 2. The first-order valence-corrected chi connectivity index (χ1v) is 6.32. The van der Waals surface area contributed by atoms with Gasteiger partial charge in [0.15, 0.2) is 0 Å². The summed E-state index contributed by atoms with van der Waals surface area (Å²) in [4.78, 5) is 0. The molecule has 0 amide bonds. The van der Waals surface area contributed by atoms with Crippen LogP contribution in [0.5, 0.6) is 0 Å². The molecule has 0 aliphatic rings. The summed E-state index contributed by atoms with van der Waals surface area (Å²) in [6.45, 7) is 9.00. The van der Waals surface area contributed by atoms with Crippen molar-refractivity contribution in [3.05, 3.63) is 35.4 Å². The van der Waals surface area contributed by atoms with Gasteiger partial charge in [0.1, 0.15) is 0 Å². The zero-order chi connectivity index (χ0) is 13.1. The van der Waals surface area contributed by atoms with Crippen LogP contribution < -0.4 is 5.73 Å². The highest BCUT2D eigenvalue weighted by atomic mass is 16.3. The summed E-state index contributed by atoms with van der Waals surface area (Å²) in [5, 5.41) is 9.65. The molecule has 1 aromatic carbocycles. The van der Waals surface area contributed by atoms with Gasteiger partial charge in [0.25, 0.3) is 0 Å². The lowest BCUT2D eigenvalue weighted by Crippen LogP contribution is -2.28. The fourth-order valence-electron chi connectivity index (χ4n) is 1.88. The maximum atomic E-state index is 9.65. The highest BCUT2D eigenvalue weighted by Gasteiger charge is 2.15. The molecular formula is C15H25NO. The van der Waals surface area contributed by atoms with E-state index in [1.54, 1.807) is 0 Å². The van der Waals surface area contributed by atoms with Gasteiger partial charge in [-0.2, -0.15) is 0 Å². The number of hydrogen-bond acceptors (Lipinski definition) is 2. The second-order valence-electron chi connectivity index (χ2n) is 5.93. The van der Waals surface area contributed by atoms with Gasteiger partial charge in [-0.05, 0) is 28.9 Å². The Morgan fingerprint density at radius 1 is 1.18 bits per heavy atom. The number of rotatable bonds is 4. The summed E-state index contributed by atoms with van der Waals surface area (Å²) in [5.41, 5.74) is 8.26. The minimum Gasteiger partial charge on any atom is -0.392 e. The van der Waals surface area contributed by atoms with Crippen LogP contribution in [0.1, 0.15) is 38.8 Å². The molecule has 0 fully saturated rings. The quantitative estimate of drug-likeness (QED) is 0.842. The van der Waals surface area contributed by atoms with Gasteiger partial charge in [-0.1, -0.05) is 52.0 Å². The molecule has 3 N–H and O–H groups in total. The van der Waals surface area contributed by atoms with Crippen molar-refractivity contribution in [2.24, 2.45) is 11.7 Å². The van der Waals surface area contributed by atoms with Crippen molar-refractivity contribution in [1.82, 2.24) is 0 Å². The predicted octanol–water partition coefficient (Wildman–Crippen LogP) is 2.48. The van der Waals surface area contributed by atoms with Gasteiger partial charge in [0.2, 0.25) is 0 Å². The van der Waals surface area contributed by atoms with Crippen LogP contribution in [0.25, 0.3) is 0 Å². The third-order valence-electron chi connectivity index (χ3n) is 3.28. The normalized spacial score (nSPS) is 15.6. The van der Waals surface area contributed by atoms with E-state index in [0.717, 1.165) is 6.42 Å². The molecule has 0 saturated heterocycles. The average molecular weight is 235 g/mol. The molecule has 17 heavy (non-hydrogen) atoms. The van der Waals surface area contributed by atoms with Crippen molar-refractivity contribution < 1.29 is 5.11 Å². The predicted molar refractivity (Wildman–Crippen MR) is 73.1 cm³/mol. The molecule has 1 rings (SSSR count). The van der Waals surface area contributed by atoms with E-state index in [2.05, 4.69) is 45.0 Å². The Kier molecular flexibility index (Phi) is 4.72. The topological polar surface area (TPSA) is 46.2 Å². The zero-order valence-corrected chi connectivity index (χ0v) is 11.4. The Morgan fingerprint density at radius 3 is 2.12 bits per heavy atom. The molecule has 2 nitrogen and oxygen atoms in total. The summed E-state index contributed by atoms with van der Waals surface area (Å²) in [7, 11) is 0. The monoisotopic (exact) mass is 235 g/mol. The van der Waals surface area contributed by atoms with Crippen molar-refractivity contribution >= 4 is 0 Å². The van der Waals surface area contributed by atoms with Gasteiger partial charge in [-0.25, -0.2) is 0 Å². The van der Waals surface area contributed by atoms with Gasteiger partial charge in [-0.3, -0.25) is 0 Å². The highest BCUT2D eigenvalue weighted by Crippen LogP contribution is 2.23. The Balaban J connectivity index is 2.69. The number of aliphatic hydroxyl groups is 1. The summed E-state index contributed by atoms with van der Waals surface area (Å²) in [6.07, 6.45) is 0.472. The minimum atomic E-state index is -0.405. The van der Waals surface area contributed by atoms with Crippen molar-refractivity contribution in [3.8, 4) is 0 Å². The van der Waals surface area contributed by atoms with E-state index in [9.17, 15) is 5.11 Å². The van der Waals surface area contributed by atoms with E-state index in [4.69, 9.17) is 5.73 Å². The van der Waals surface area contributed by atoms with Crippen LogP contribution in [0, 0.1) is 5.92 Å². The van der Waals surface area contributed by atoms with Crippen molar-refractivity contribution in [1.29, 1.82) is 0 Å². The molecule has 0 saturated carbocycles. The van der Waals surface area contributed by atoms with Crippen LogP contribution in [0.15, 0.2) is 24.3 Å². The van der Waals surface area contributed by atoms with Gasteiger partial charge in [0.05, 0.1) is 6.10 Å². The van der Waals surface area contributed by atoms with Crippen LogP contribution in [-0.4, -0.2) is 17.8 Å². The maximum absolute atomic E-state index is 9.65. The lowest BCUT2D eigenvalue weighted by atomic mass is 9.86. The molecule has 0 bridgehead atoms. The van der Waals surface area contributed by atoms with E-state index < -0.39 is 6.10 Å². The maximum Gasteiger partial charge on any atom is 0.0691 e. The van der Waals surface area contributed by atoms with Crippen molar-refractivity contribution in [3.63, 3.8) is 0 Å². The van der Waals surface area contributed by atoms with Gasteiger partial charge in [0, 0.05) is 6.54 Å². The van der Waals surface area contributed by atoms with Crippen LogP contribution in [0.2, 0.25) is 0 Å². The third kappa shape index (κ3) is 4.14. The van der Waals surface area contributed by atoms with E-state index >= 15 is 0 Å². The molecule has 2 unspecified atom stereocenters. The average Bonchev–Trinajstić information content (AvgIpc) is 2.27. The molecule has 0 heterocycles. The number of nitrogens with two attached hydrogens (primary N) is 1. The molecule has 1 aromatic rings. The fraction of sp³-hybridized carbons (Fsp3) is 0.600. The minimum absolute atomic E-state index is 0.195. The first-order valence-electron chi connectivity index (χ1n) is 6.32. The molecule has 2 atom stereocenters. The zero-order valence-electron chi connectivity index (χ0n) is 11.4. The molecule has 0 aliphatic carbocycles. The van der Waals surface area contributed by atoms with E-state index in [0.29, 0.717) is 6.54 Å². The van der Waals surface area contributed by atoms with Crippen molar-refractivity contribution in [2.75, 3.05) is 6.54 Å². The summed E-state index contributed by atoms with van der Waals surface area (Å²) < 4.78 is 0. The Labute approximate surface area is 105 Å². The first-order chi connectivity index (χ1) is 7.84. The second-order valence-corrected chi connectivity index (χ2v) is 5.93. The molecule has 0 spiro atoms. The standard InChI is InChI=1S/C15H25NO/c1-11(14(17)10-16)9-12-5-7-13(8-6-12)15(2,3)4/h5-8,11,14,17H,9-10,16H2,1-4H3. The van der Waals surface area contributed by atoms with Crippen LogP contribution in [0.3, 0.4) is 0 Å². The fourth-order valence-corrected chi connectivity index (χ4v) is 1.88. The lowest BCUT2D eigenvalue weighted by Gasteiger charge is -2.20. The SMILES string of the molecule is CC(Cc1ccc(C(C)(C)C)cc1)C(O)CN. The Bertz CT molecular complexity index is 337. The molecule has 96 valence electrons. The van der Waals surface area contributed by atoms with Gasteiger partial charge < -0.3 is 10.8 Å². The van der Waals surface area contributed by atoms with E-state index in [1.807, 2.05) is 6.92 Å². The Hall–Kier alpha value is -0.860. The van der Waals surface area contributed by atoms with Gasteiger partial charge >= 0.3 is 0 Å². The largest absolute Gasteiger partial charge is 0.392 e. The molecular weight excluding hydrogens is 210 g/mol. The molecule has 0 aliphatic heterocycles.